The maximum atomic E-state index is 5.94. The smallest absolute Gasteiger partial charge is 0.222 e. The van der Waals surface area contributed by atoms with Crippen LogP contribution in [-0.4, -0.2) is 16.1 Å². The van der Waals surface area contributed by atoms with Crippen molar-refractivity contribution in [1.82, 2.24) is 9.97 Å². The largest absolute Gasteiger partial charge is 0.474 e. The number of aromatic nitrogens is 2. The van der Waals surface area contributed by atoms with Crippen molar-refractivity contribution in [2.24, 2.45) is 5.84 Å². The Hall–Kier alpha value is -1.36. The highest BCUT2D eigenvalue weighted by molar-refractivity contribution is 5.47. The summed E-state index contributed by atoms with van der Waals surface area (Å²) in [7, 11) is 0. The maximum Gasteiger partial charge on any atom is 0.222 e. The van der Waals surface area contributed by atoms with Gasteiger partial charge in [0.2, 0.25) is 5.88 Å². The lowest BCUT2D eigenvalue weighted by Crippen LogP contribution is -2.17. The Morgan fingerprint density at radius 1 is 1.35 bits per heavy atom. The number of aryl methyl sites for hydroxylation is 1. The Labute approximate surface area is 102 Å². The standard InChI is InChI=1S/C12H20N4O/c1-3-10-14-11(16-13)8(2)12(15-10)17-9-6-4-5-7-9/h9H,3-7,13H2,1-2H3,(H,14,15,16). The van der Waals surface area contributed by atoms with Crippen LogP contribution in [0.3, 0.4) is 0 Å². The Morgan fingerprint density at radius 2 is 2.06 bits per heavy atom. The molecule has 1 aliphatic carbocycles. The van der Waals surface area contributed by atoms with Crippen LogP contribution in [-0.2, 0) is 6.42 Å². The summed E-state index contributed by atoms with van der Waals surface area (Å²) in [5, 5.41) is 0. The molecule has 0 bridgehead atoms. The summed E-state index contributed by atoms with van der Waals surface area (Å²) in [6.07, 6.45) is 5.82. The molecule has 94 valence electrons. The summed E-state index contributed by atoms with van der Waals surface area (Å²) < 4.78 is 5.94. The lowest BCUT2D eigenvalue weighted by Gasteiger charge is -2.16. The third-order valence-electron chi connectivity index (χ3n) is 3.18. The van der Waals surface area contributed by atoms with E-state index in [1.807, 2.05) is 13.8 Å². The van der Waals surface area contributed by atoms with Gasteiger partial charge in [-0.1, -0.05) is 6.92 Å². The van der Waals surface area contributed by atoms with Crippen LogP contribution in [0.25, 0.3) is 0 Å². The molecule has 1 fully saturated rings. The van der Waals surface area contributed by atoms with Gasteiger partial charge in [-0.15, -0.1) is 0 Å². The van der Waals surface area contributed by atoms with E-state index < -0.39 is 0 Å². The molecule has 2 rings (SSSR count). The number of hydrazine groups is 1. The van der Waals surface area contributed by atoms with E-state index in [9.17, 15) is 0 Å². The summed E-state index contributed by atoms with van der Waals surface area (Å²) in [5.41, 5.74) is 3.49. The average Bonchev–Trinajstić information content (AvgIpc) is 2.84. The molecular formula is C12H20N4O. The Morgan fingerprint density at radius 3 is 2.65 bits per heavy atom. The van der Waals surface area contributed by atoms with Gasteiger partial charge in [0.1, 0.15) is 17.7 Å². The fraction of sp³-hybridized carbons (Fsp3) is 0.667. The third kappa shape index (κ3) is 2.66. The highest BCUT2D eigenvalue weighted by Crippen LogP contribution is 2.27. The van der Waals surface area contributed by atoms with Crippen LogP contribution in [0.4, 0.5) is 5.82 Å². The van der Waals surface area contributed by atoms with Crippen LogP contribution in [0.1, 0.15) is 44.0 Å². The van der Waals surface area contributed by atoms with Gasteiger partial charge in [-0.05, 0) is 32.6 Å². The number of hydrogen-bond donors (Lipinski definition) is 2. The van der Waals surface area contributed by atoms with Gasteiger partial charge >= 0.3 is 0 Å². The van der Waals surface area contributed by atoms with E-state index >= 15 is 0 Å². The molecule has 3 N–H and O–H groups in total. The first kappa shape index (κ1) is 12.1. The van der Waals surface area contributed by atoms with Gasteiger partial charge in [-0.3, -0.25) is 0 Å². The number of nitrogen functional groups attached to an aromatic ring is 1. The number of nitrogens with one attached hydrogen (secondary N) is 1. The van der Waals surface area contributed by atoms with Crippen molar-refractivity contribution in [2.45, 2.75) is 52.1 Å². The van der Waals surface area contributed by atoms with Crippen LogP contribution in [0, 0.1) is 6.92 Å². The van der Waals surface area contributed by atoms with Crippen LogP contribution in [0.15, 0.2) is 0 Å². The van der Waals surface area contributed by atoms with E-state index in [0.29, 0.717) is 17.8 Å². The van der Waals surface area contributed by atoms with Crippen LogP contribution >= 0.6 is 0 Å². The normalized spacial score (nSPS) is 16.2. The summed E-state index contributed by atoms with van der Waals surface area (Å²) in [5.74, 6) is 7.55. The fourth-order valence-corrected chi connectivity index (χ4v) is 2.12. The second kappa shape index (κ2) is 5.31. The van der Waals surface area contributed by atoms with Gasteiger partial charge < -0.3 is 10.2 Å². The SMILES string of the molecule is CCc1nc(NN)c(C)c(OC2CCCC2)n1. The first-order valence-corrected chi connectivity index (χ1v) is 6.25. The lowest BCUT2D eigenvalue weighted by molar-refractivity contribution is 0.199. The molecular weight excluding hydrogens is 216 g/mol. The third-order valence-corrected chi connectivity index (χ3v) is 3.18. The van der Waals surface area contributed by atoms with Gasteiger partial charge in [0.15, 0.2) is 0 Å². The minimum Gasteiger partial charge on any atom is -0.474 e. The van der Waals surface area contributed by atoms with E-state index in [-0.39, 0.29) is 0 Å². The molecule has 0 saturated heterocycles. The van der Waals surface area contributed by atoms with E-state index in [2.05, 4.69) is 15.4 Å². The van der Waals surface area contributed by atoms with Gasteiger partial charge in [0.25, 0.3) is 0 Å². The molecule has 5 heteroatoms. The minimum atomic E-state index is 0.305. The van der Waals surface area contributed by atoms with Gasteiger partial charge in [-0.2, -0.15) is 4.98 Å². The zero-order chi connectivity index (χ0) is 12.3. The molecule has 0 spiro atoms. The maximum absolute atomic E-state index is 5.94. The quantitative estimate of drug-likeness (QED) is 0.617. The molecule has 1 aromatic rings. The fourth-order valence-electron chi connectivity index (χ4n) is 2.12. The number of nitrogens with zero attached hydrogens (tertiary/aromatic N) is 2. The first-order valence-electron chi connectivity index (χ1n) is 6.25. The molecule has 0 aromatic carbocycles. The second-order valence-electron chi connectivity index (χ2n) is 4.44. The second-order valence-corrected chi connectivity index (χ2v) is 4.44. The van der Waals surface area contributed by atoms with Crippen LogP contribution in [0.5, 0.6) is 5.88 Å². The Bertz CT molecular complexity index is 388. The molecule has 17 heavy (non-hydrogen) atoms. The Balaban J connectivity index is 2.24. The minimum absolute atomic E-state index is 0.305. The molecule has 0 unspecified atom stereocenters. The molecule has 5 nitrogen and oxygen atoms in total. The number of rotatable bonds is 4. The summed E-state index contributed by atoms with van der Waals surface area (Å²) in [4.78, 5) is 8.75. The molecule has 0 amide bonds. The first-order chi connectivity index (χ1) is 8.24. The predicted molar refractivity (Wildman–Crippen MR) is 66.8 cm³/mol. The van der Waals surface area contributed by atoms with E-state index in [4.69, 9.17) is 10.6 Å². The van der Waals surface area contributed by atoms with E-state index in [1.54, 1.807) is 0 Å². The van der Waals surface area contributed by atoms with Crippen molar-refractivity contribution in [3.05, 3.63) is 11.4 Å². The van der Waals surface area contributed by atoms with Crippen LogP contribution in [0.2, 0.25) is 0 Å². The van der Waals surface area contributed by atoms with Crippen molar-refractivity contribution in [3.63, 3.8) is 0 Å². The van der Waals surface area contributed by atoms with Crippen molar-refractivity contribution >= 4 is 5.82 Å². The van der Waals surface area contributed by atoms with Crippen molar-refractivity contribution < 1.29 is 4.74 Å². The number of anilines is 1. The molecule has 0 aliphatic heterocycles. The summed E-state index contributed by atoms with van der Waals surface area (Å²) >= 11 is 0. The summed E-state index contributed by atoms with van der Waals surface area (Å²) in [6, 6.07) is 0. The number of hydrogen-bond acceptors (Lipinski definition) is 5. The monoisotopic (exact) mass is 236 g/mol. The van der Waals surface area contributed by atoms with Crippen molar-refractivity contribution in [2.75, 3.05) is 5.43 Å². The Kier molecular flexibility index (Phi) is 3.78. The zero-order valence-electron chi connectivity index (χ0n) is 10.5. The predicted octanol–water partition coefficient (Wildman–Crippen LogP) is 1.95. The van der Waals surface area contributed by atoms with Gasteiger partial charge in [0.05, 0.1) is 5.56 Å². The number of nitrogens with two attached hydrogens (primary N) is 1. The average molecular weight is 236 g/mol. The topological polar surface area (TPSA) is 73.1 Å². The molecule has 1 heterocycles. The van der Waals surface area contributed by atoms with Gasteiger partial charge in [-0.25, -0.2) is 10.8 Å². The highest BCUT2D eigenvalue weighted by atomic mass is 16.5. The van der Waals surface area contributed by atoms with Gasteiger partial charge in [0, 0.05) is 6.42 Å². The lowest BCUT2D eigenvalue weighted by atomic mass is 10.3. The number of ether oxygens (including phenoxy) is 1. The molecule has 0 atom stereocenters. The van der Waals surface area contributed by atoms with Crippen LogP contribution < -0.4 is 16.0 Å². The van der Waals surface area contributed by atoms with Crippen molar-refractivity contribution in [1.29, 1.82) is 0 Å². The van der Waals surface area contributed by atoms with E-state index in [0.717, 1.165) is 30.7 Å². The highest BCUT2D eigenvalue weighted by Gasteiger charge is 2.19. The molecule has 1 aromatic heterocycles. The van der Waals surface area contributed by atoms with E-state index in [1.165, 1.54) is 12.8 Å². The molecule has 1 aliphatic rings. The van der Waals surface area contributed by atoms with Crippen molar-refractivity contribution in [3.8, 4) is 5.88 Å². The molecule has 1 saturated carbocycles. The summed E-state index contributed by atoms with van der Waals surface area (Å²) in [6.45, 7) is 3.95. The zero-order valence-corrected chi connectivity index (χ0v) is 10.5. The molecule has 0 radical (unpaired) electrons.